The molecule has 2 rings (SSSR count). The monoisotopic (exact) mass is 309 g/mol. The second-order valence-corrected chi connectivity index (χ2v) is 5.94. The summed E-state index contributed by atoms with van der Waals surface area (Å²) in [4.78, 5) is 18.1. The van der Waals surface area contributed by atoms with Crippen molar-refractivity contribution < 1.29 is 4.79 Å². The minimum Gasteiger partial charge on any atom is -0.363 e. The maximum absolute atomic E-state index is 11.9. The van der Waals surface area contributed by atoms with Crippen molar-refractivity contribution in [2.45, 2.75) is 19.8 Å². The van der Waals surface area contributed by atoms with Gasteiger partial charge >= 0.3 is 0 Å². The molecule has 1 amide bonds. The molecule has 0 radical (unpaired) electrons. The molecule has 0 saturated heterocycles. The molecule has 0 bridgehead atoms. The summed E-state index contributed by atoms with van der Waals surface area (Å²) in [5.41, 5.74) is 2.98. The van der Waals surface area contributed by atoms with E-state index in [-0.39, 0.29) is 5.91 Å². The van der Waals surface area contributed by atoms with Crippen molar-refractivity contribution in [2.24, 2.45) is 0 Å². The number of anilines is 2. The molecule has 0 atom stereocenters. The number of amides is 1. The van der Waals surface area contributed by atoms with E-state index in [9.17, 15) is 4.79 Å². The van der Waals surface area contributed by atoms with E-state index >= 15 is 0 Å². The summed E-state index contributed by atoms with van der Waals surface area (Å²) in [5.74, 6) is 1.19. The Hall–Kier alpha value is -2.62. The third-order valence-corrected chi connectivity index (χ3v) is 3.50. The van der Waals surface area contributed by atoms with Crippen LogP contribution in [0.5, 0.6) is 0 Å². The molecule has 4 nitrogen and oxygen atoms in total. The van der Waals surface area contributed by atoms with Crippen LogP contribution in [-0.4, -0.2) is 25.0 Å². The highest BCUT2D eigenvalue weighted by atomic mass is 16.1. The minimum atomic E-state index is -0.169. The third-order valence-electron chi connectivity index (χ3n) is 3.50. The van der Waals surface area contributed by atoms with Gasteiger partial charge in [-0.25, -0.2) is 4.98 Å². The Balaban J connectivity index is 1.95. The predicted octanol–water partition coefficient (Wildman–Crippen LogP) is 3.92. The summed E-state index contributed by atoms with van der Waals surface area (Å²) in [6, 6.07) is 11.9. The van der Waals surface area contributed by atoms with Gasteiger partial charge in [-0.15, -0.1) is 0 Å². The zero-order valence-electron chi connectivity index (χ0n) is 14.1. The molecule has 4 heteroatoms. The van der Waals surface area contributed by atoms with E-state index < -0.39 is 0 Å². The summed E-state index contributed by atoms with van der Waals surface area (Å²) in [6.45, 7) is 4.32. The molecular weight excluding hydrogens is 286 g/mol. The number of benzene rings is 1. The molecule has 1 N–H and O–H groups in total. The fraction of sp³-hybridized carbons (Fsp3) is 0.263. The molecule has 0 aliphatic carbocycles. The molecule has 2 aromatic rings. The number of hydrogen-bond acceptors (Lipinski definition) is 3. The van der Waals surface area contributed by atoms with E-state index in [4.69, 9.17) is 0 Å². The number of carbonyl (C=O) groups is 1. The molecule has 23 heavy (non-hydrogen) atoms. The van der Waals surface area contributed by atoms with Crippen LogP contribution in [0.1, 0.15) is 30.9 Å². The van der Waals surface area contributed by atoms with E-state index in [1.807, 2.05) is 43.3 Å². The summed E-state index contributed by atoms with van der Waals surface area (Å²) in [5, 5.41) is 2.80. The number of nitrogens with zero attached hydrogens (tertiary/aromatic N) is 2. The molecular formula is C19H23N3O. The van der Waals surface area contributed by atoms with E-state index in [1.54, 1.807) is 12.3 Å². The maximum atomic E-state index is 11.9. The highest BCUT2D eigenvalue weighted by molar-refractivity contribution is 6.01. The molecule has 1 aromatic carbocycles. The highest BCUT2D eigenvalue weighted by Gasteiger charge is 2.01. The van der Waals surface area contributed by atoms with Gasteiger partial charge in [0.05, 0.1) is 11.9 Å². The van der Waals surface area contributed by atoms with Gasteiger partial charge in [-0.1, -0.05) is 38.1 Å². The lowest BCUT2D eigenvalue weighted by molar-refractivity contribution is -0.111. The van der Waals surface area contributed by atoms with Crippen LogP contribution in [0.3, 0.4) is 0 Å². The zero-order valence-corrected chi connectivity index (χ0v) is 14.1. The number of carbonyl (C=O) groups excluding carboxylic acids is 1. The van der Waals surface area contributed by atoms with Crippen molar-refractivity contribution in [2.75, 3.05) is 24.3 Å². The molecule has 0 unspecified atom stereocenters. The Bertz CT molecular complexity index is 671. The van der Waals surface area contributed by atoms with Crippen LogP contribution in [0.25, 0.3) is 6.08 Å². The molecule has 0 fully saturated rings. The van der Waals surface area contributed by atoms with Crippen LogP contribution in [0.2, 0.25) is 0 Å². The van der Waals surface area contributed by atoms with Crippen molar-refractivity contribution in [3.05, 3.63) is 59.8 Å². The Morgan fingerprint density at radius 1 is 1.13 bits per heavy atom. The smallest absolute Gasteiger partial charge is 0.248 e. The van der Waals surface area contributed by atoms with Crippen LogP contribution in [-0.2, 0) is 4.79 Å². The second kappa shape index (κ2) is 7.58. The van der Waals surface area contributed by atoms with Crippen molar-refractivity contribution in [1.29, 1.82) is 0 Å². The SMILES string of the molecule is CC(C)c1ccc(/C=C/C(=O)Nc2ccc(N(C)C)nc2)cc1. The highest BCUT2D eigenvalue weighted by Crippen LogP contribution is 2.15. The van der Waals surface area contributed by atoms with Crippen LogP contribution in [0.4, 0.5) is 11.5 Å². The first-order valence-electron chi connectivity index (χ1n) is 7.68. The number of pyridine rings is 1. The summed E-state index contributed by atoms with van der Waals surface area (Å²) < 4.78 is 0. The summed E-state index contributed by atoms with van der Waals surface area (Å²) in [6.07, 6.45) is 4.99. The lowest BCUT2D eigenvalue weighted by Gasteiger charge is -2.11. The van der Waals surface area contributed by atoms with E-state index in [2.05, 4.69) is 36.3 Å². The van der Waals surface area contributed by atoms with Gasteiger partial charge in [-0.05, 0) is 35.3 Å². The average molecular weight is 309 g/mol. The van der Waals surface area contributed by atoms with Crippen molar-refractivity contribution in [3.8, 4) is 0 Å². The Morgan fingerprint density at radius 2 is 1.83 bits per heavy atom. The molecule has 0 saturated carbocycles. The maximum Gasteiger partial charge on any atom is 0.248 e. The van der Waals surface area contributed by atoms with Gasteiger partial charge < -0.3 is 10.2 Å². The normalized spacial score (nSPS) is 11.0. The van der Waals surface area contributed by atoms with Crippen molar-refractivity contribution in [3.63, 3.8) is 0 Å². The lowest BCUT2D eigenvalue weighted by atomic mass is 10.0. The average Bonchev–Trinajstić information content (AvgIpc) is 2.54. The molecule has 1 heterocycles. The van der Waals surface area contributed by atoms with Crippen LogP contribution in [0, 0.1) is 0 Å². The number of aromatic nitrogens is 1. The van der Waals surface area contributed by atoms with E-state index in [0.717, 1.165) is 11.4 Å². The largest absolute Gasteiger partial charge is 0.363 e. The fourth-order valence-electron chi connectivity index (χ4n) is 2.07. The third kappa shape index (κ3) is 4.95. The lowest BCUT2D eigenvalue weighted by Crippen LogP contribution is -2.12. The standard InChI is InChI=1S/C19H23N3O/c1-14(2)16-8-5-15(6-9-16)7-12-19(23)21-17-10-11-18(20-13-17)22(3)4/h5-14H,1-4H3,(H,21,23)/b12-7+. The number of nitrogens with one attached hydrogen (secondary N) is 1. The minimum absolute atomic E-state index is 0.169. The van der Waals surface area contributed by atoms with Gasteiger partial charge in [-0.2, -0.15) is 0 Å². The molecule has 0 aliphatic rings. The van der Waals surface area contributed by atoms with Gasteiger partial charge in [0.1, 0.15) is 5.82 Å². The fourth-order valence-corrected chi connectivity index (χ4v) is 2.07. The van der Waals surface area contributed by atoms with Crippen LogP contribution in [0.15, 0.2) is 48.7 Å². The van der Waals surface area contributed by atoms with Gasteiger partial charge in [0.15, 0.2) is 0 Å². The molecule has 0 spiro atoms. The summed E-state index contributed by atoms with van der Waals surface area (Å²) in [7, 11) is 3.85. The predicted molar refractivity (Wildman–Crippen MR) is 96.8 cm³/mol. The molecule has 0 aliphatic heterocycles. The van der Waals surface area contributed by atoms with Gasteiger partial charge in [0.25, 0.3) is 0 Å². The first-order valence-corrected chi connectivity index (χ1v) is 7.68. The van der Waals surface area contributed by atoms with Gasteiger partial charge in [0, 0.05) is 20.2 Å². The Labute approximate surface area is 137 Å². The summed E-state index contributed by atoms with van der Waals surface area (Å²) >= 11 is 0. The number of hydrogen-bond donors (Lipinski definition) is 1. The first-order chi connectivity index (χ1) is 11.0. The van der Waals surface area contributed by atoms with E-state index in [0.29, 0.717) is 11.6 Å². The number of rotatable bonds is 5. The first kappa shape index (κ1) is 16.7. The van der Waals surface area contributed by atoms with Crippen LogP contribution < -0.4 is 10.2 Å². The Morgan fingerprint density at radius 3 is 2.35 bits per heavy atom. The zero-order chi connectivity index (χ0) is 16.8. The Kier molecular flexibility index (Phi) is 5.52. The topological polar surface area (TPSA) is 45.2 Å². The second-order valence-electron chi connectivity index (χ2n) is 5.94. The molecule has 1 aromatic heterocycles. The van der Waals surface area contributed by atoms with Gasteiger partial charge in [-0.3, -0.25) is 4.79 Å². The van der Waals surface area contributed by atoms with Crippen molar-refractivity contribution >= 4 is 23.5 Å². The van der Waals surface area contributed by atoms with E-state index in [1.165, 1.54) is 11.6 Å². The molecule has 120 valence electrons. The van der Waals surface area contributed by atoms with Crippen molar-refractivity contribution in [1.82, 2.24) is 4.98 Å². The quantitative estimate of drug-likeness (QED) is 0.851. The van der Waals surface area contributed by atoms with Gasteiger partial charge in [0.2, 0.25) is 5.91 Å². The van der Waals surface area contributed by atoms with Crippen LogP contribution >= 0.6 is 0 Å².